The Morgan fingerprint density at radius 2 is 1.90 bits per heavy atom. The van der Waals surface area contributed by atoms with Crippen LogP contribution in [0.25, 0.3) is 0 Å². The van der Waals surface area contributed by atoms with Gasteiger partial charge in [-0.3, -0.25) is 14.1 Å². The van der Waals surface area contributed by atoms with E-state index >= 15 is 0 Å². The van der Waals surface area contributed by atoms with E-state index in [9.17, 15) is 18.0 Å². The number of benzene rings is 1. The molecular weight excluding hydrogens is 302 g/mol. The van der Waals surface area contributed by atoms with E-state index in [0.717, 1.165) is 16.7 Å². The monoisotopic (exact) mass is 315 g/mol. The normalized spacial score (nSPS) is 19.6. The molecule has 2 amide bonds. The Bertz CT molecular complexity index is 614. The smallest absolute Gasteiger partial charge is 0.265 e. The Morgan fingerprint density at radius 3 is 2.50 bits per heavy atom. The summed E-state index contributed by atoms with van der Waals surface area (Å²) in [4.78, 5) is 25.1. The first-order valence-electron chi connectivity index (χ1n) is 5.87. The Balaban J connectivity index is 2.02. The van der Waals surface area contributed by atoms with Crippen LogP contribution in [0.2, 0.25) is 0 Å². The Hall–Kier alpha value is -1.38. The highest BCUT2D eigenvalue weighted by molar-refractivity contribution is 8.01. The number of nitrogens with zero attached hydrogens (tertiary/aromatic N) is 1. The van der Waals surface area contributed by atoms with Gasteiger partial charge in [0, 0.05) is 12.2 Å². The van der Waals surface area contributed by atoms with E-state index in [2.05, 4.69) is 0 Å². The highest BCUT2D eigenvalue weighted by Crippen LogP contribution is 2.29. The van der Waals surface area contributed by atoms with Crippen molar-refractivity contribution in [2.24, 2.45) is 0 Å². The van der Waals surface area contributed by atoms with E-state index in [0.29, 0.717) is 5.69 Å². The molecule has 0 aromatic heterocycles. The van der Waals surface area contributed by atoms with Crippen LogP contribution < -0.4 is 4.90 Å². The van der Waals surface area contributed by atoms with Crippen molar-refractivity contribution in [3.63, 3.8) is 0 Å². The van der Waals surface area contributed by atoms with Crippen LogP contribution >= 0.6 is 11.8 Å². The molecule has 1 heterocycles. The van der Waals surface area contributed by atoms with Crippen molar-refractivity contribution in [2.75, 3.05) is 16.4 Å². The number of hydrogen-bond acceptors (Lipinski definition) is 5. The second-order valence-electron chi connectivity index (χ2n) is 4.25. The Labute approximate surface area is 120 Å². The molecule has 6 nitrogen and oxygen atoms in total. The van der Waals surface area contributed by atoms with Crippen molar-refractivity contribution in [2.45, 2.75) is 11.7 Å². The first kappa shape index (κ1) is 15.0. The summed E-state index contributed by atoms with van der Waals surface area (Å²) in [5, 5.41) is -0.593. The zero-order chi connectivity index (χ0) is 14.8. The summed E-state index contributed by atoms with van der Waals surface area (Å²) in [6.07, 6.45) is 0.0455. The van der Waals surface area contributed by atoms with Gasteiger partial charge in [0.05, 0.1) is 16.7 Å². The van der Waals surface area contributed by atoms with Crippen LogP contribution in [0.15, 0.2) is 30.3 Å². The minimum atomic E-state index is -4.04. The molecule has 1 saturated heterocycles. The zero-order valence-corrected chi connectivity index (χ0v) is 12.1. The van der Waals surface area contributed by atoms with Crippen molar-refractivity contribution in [1.82, 2.24) is 0 Å². The van der Waals surface area contributed by atoms with Gasteiger partial charge < -0.3 is 0 Å². The lowest BCUT2D eigenvalue weighted by Gasteiger charge is -2.14. The summed E-state index contributed by atoms with van der Waals surface area (Å²) in [6, 6.07) is 8.58. The van der Waals surface area contributed by atoms with Crippen molar-refractivity contribution in [3.8, 4) is 0 Å². The fourth-order valence-electron chi connectivity index (χ4n) is 1.88. The Morgan fingerprint density at radius 1 is 1.25 bits per heavy atom. The number of thioether (sulfide) groups is 1. The third-order valence-electron chi connectivity index (χ3n) is 2.78. The molecule has 1 fully saturated rings. The molecule has 1 aromatic rings. The number of carbonyl (C=O) groups is 2. The minimum Gasteiger partial charge on any atom is -0.286 e. The molecule has 8 heteroatoms. The van der Waals surface area contributed by atoms with E-state index < -0.39 is 21.1 Å². The van der Waals surface area contributed by atoms with Gasteiger partial charge in [0.1, 0.15) is 0 Å². The predicted octanol–water partition coefficient (Wildman–Crippen LogP) is 0.939. The summed E-state index contributed by atoms with van der Waals surface area (Å²) in [5.41, 5.74) is 0.514. The first-order valence-corrected chi connectivity index (χ1v) is 8.53. The van der Waals surface area contributed by atoms with Gasteiger partial charge in [-0.2, -0.15) is 8.42 Å². The number of rotatable bonds is 5. The highest BCUT2D eigenvalue weighted by Gasteiger charge is 2.39. The number of amides is 2. The summed E-state index contributed by atoms with van der Waals surface area (Å²) in [6.45, 7) is 0. The van der Waals surface area contributed by atoms with Gasteiger partial charge in [0.25, 0.3) is 10.1 Å². The van der Waals surface area contributed by atoms with Gasteiger partial charge in [0.2, 0.25) is 11.8 Å². The van der Waals surface area contributed by atoms with E-state index in [4.69, 9.17) is 4.55 Å². The van der Waals surface area contributed by atoms with Gasteiger partial charge in [-0.25, -0.2) is 4.90 Å². The molecule has 20 heavy (non-hydrogen) atoms. The summed E-state index contributed by atoms with van der Waals surface area (Å²) >= 11 is 1.07. The third kappa shape index (κ3) is 3.59. The van der Waals surface area contributed by atoms with Crippen LogP contribution in [0, 0.1) is 0 Å². The van der Waals surface area contributed by atoms with Crippen LogP contribution in [0.5, 0.6) is 0 Å². The second-order valence-corrected chi connectivity index (χ2v) is 7.14. The van der Waals surface area contributed by atoms with Crippen LogP contribution in [-0.4, -0.2) is 41.5 Å². The molecule has 108 valence electrons. The second kappa shape index (κ2) is 5.94. The molecule has 0 saturated carbocycles. The maximum absolute atomic E-state index is 12.1. The molecule has 0 aliphatic carbocycles. The van der Waals surface area contributed by atoms with E-state index in [-0.39, 0.29) is 24.0 Å². The predicted molar refractivity (Wildman–Crippen MR) is 76.2 cm³/mol. The van der Waals surface area contributed by atoms with Crippen molar-refractivity contribution >= 4 is 39.4 Å². The van der Waals surface area contributed by atoms with Gasteiger partial charge in [-0.1, -0.05) is 18.2 Å². The minimum absolute atomic E-state index is 0.0455. The average Bonchev–Trinajstić information content (AvgIpc) is 2.64. The number of para-hydroxylation sites is 1. The van der Waals surface area contributed by atoms with Crippen molar-refractivity contribution in [1.29, 1.82) is 0 Å². The van der Waals surface area contributed by atoms with E-state index in [1.54, 1.807) is 30.3 Å². The van der Waals surface area contributed by atoms with Gasteiger partial charge in [0.15, 0.2) is 0 Å². The molecule has 1 aromatic carbocycles. The van der Waals surface area contributed by atoms with Crippen LogP contribution in [0.4, 0.5) is 5.69 Å². The van der Waals surface area contributed by atoms with Crippen LogP contribution in [0.1, 0.15) is 6.42 Å². The summed E-state index contributed by atoms with van der Waals surface area (Å²) < 4.78 is 29.9. The molecule has 1 N–H and O–H groups in total. The lowest BCUT2D eigenvalue weighted by Crippen LogP contribution is -2.31. The van der Waals surface area contributed by atoms with E-state index in [1.165, 1.54) is 0 Å². The molecule has 1 atom stereocenters. The summed E-state index contributed by atoms with van der Waals surface area (Å²) in [7, 11) is -4.04. The number of imide groups is 1. The third-order valence-corrected chi connectivity index (χ3v) is 4.97. The average molecular weight is 315 g/mol. The van der Waals surface area contributed by atoms with Gasteiger partial charge >= 0.3 is 0 Å². The first-order chi connectivity index (χ1) is 9.38. The number of anilines is 1. The fraction of sp³-hybridized carbons (Fsp3) is 0.333. The maximum Gasteiger partial charge on any atom is 0.265 e. The van der Waals surface area contributed by atoms with Crippen LogP contribution in [-0.2, 0) is 19.7 Å². The number of carbonyl (C=O) groups excluding carboxylic acids is 2. The number of hydrogen-bond donors (Lipinski definition) is 1. The summed E-state index contributed by atoms with van der Waals surface area (Å²) in [5.74, 6) is -1.00. The van der Waals surface area contributed by atoms with E-state index in [1.807, 2.05) is 0 Å². The molecule has 0 spiro atoms. The topological polar surface area (TPSA) is 91.7 Å². The molecule has 2 rings (SSSR count). The molecule has 0 radical (unpaired) electrons. The molecule has 0 bridgehead atoms. The largest absolute Gasteiger partial charge is 0.286 e. The lowest BCUT2D eigenvalue weighted by molar-refractivity contribution is -0.121. The molecule has 1 aliphatic heterocycles. The maximum atomic E-state index is 12.1. The van der Waals surface area contributed by atoms with Gasteiger partial charge in [-0.05, 0) is 12.1 Å². The van der Waals surface area contributed by atoms with Crippen molar-refractivity contribution in [3.05, 3.63) is 30.3 Å². The van der Waals surface area contributed by atoms with Gasteiger partial charge in [-0.15, -0.1) is 11.8 Å². The molecular formula is C12H13NO5S2. The highest BCUT2D eigenvalue weighted by atomic mass is 32.2. The zero-order valence-electron chi connectivity index (χ0n) is 10.4. The SMILES string of the molecule is O=C1CC(SCCS(=O)(=O)O)C(=O)N1c1ccccc1. The lowest BCUT2D eigenvalue weighted by atomic mass is 10.3. The quantitative estimate of drug-likeness (QED) is 0.642. The molecule has 1 unspecified atom stereocenters. The van der Waals surface area contributed by atoms with Crippen molar-refractivity contribution < 1.29 is 22.6 Å². The van der Waals surface area contributed by atoms with Crippen LogP contribution in [0.3, 0.4) is 0 Å². The fourth-order valence-corrected chi connectivity index (χ4v) is 3.90. The standard InChI is InChI=1S/C12H13NO5S2/c14-11-8-10(19-6-7-20(16,17)18)12(15)13(11)9-4-2-1-3-5-9/h1-5,10H,6-8H2,(H,16,17,18). The Kier molecular flexibility index (Phi) is 4.46. The molecule has 1 aliphatic rings.